The lowest BCUT2D eigenvalue weighted by Gasteiger charge is -2.31. The van der Waals surface area contributed by atoms with Crippen LogP contribution in [-0.4, -0.2) is 23.0 Å². The number of benzene rings is 1. The van der Waals surface area contributed by atoms with Crippen molar-refractivity contribution < 1.29 is 4.92 Å². The number of fused-ring (bicyclic) bond motifs is 2. The third kappa shape index (κ3) is 2.94. The first-order chi connectivity index (χ1) is 12.1. The molecule has 1 N–H and O–H groups in total. The molecule has 0 saturated carbocycles. The summed E-state index contributed by atoms with van der Waals surface area (Å²) in [5, 5.41) is 15.6. The molecule has 0 spiro atoms. The van der Waals surface area contributed by atoms with Gasteiger partial charge < -0.3 is 5.32 Å². The van der Waals surface area contributed by atoms with E-state index in [2.05, 4.69) is 10.3 Å². The van der Waals surface area contributed by atoms with Gasteiger partial charge in [0.25, 0.3) is 5.70 Å². The number of hydrogen-bond acceptors (Lipinski definition) is 4. The monoisotopic (exact) mass is 355 g/mol. The minimum Gasteiger partial charge on any atom is -0.317 e. The Hall–Kier alpha value is -2.24. The highest BCUT2D eigenvalue weighted by atomic mass is 35.5. The average molecular weight is 356 g/mol. The van der Waals surface area contributed by atoms with Crippen LogP contribution in [0.15, 0.2) is 36.5 Å². The summed E-state index contributed by atoms with van der Waals surface area (Å²) < 4.78 is 0. The summed E-state index contributed by atoms with van der Waals surface area (Å²) in [6.45, 7) is 1.92. The molecule has 2 aliphatic rings. The third-order valence-corrected chi connectivity index (χ3v) is 5.37. The van der Waals surface area contributed by atoms with Gasteiger partial charge in [-0.2, -0.15) is 0 Å². The lowest BCUT2D eigenvalue weighted by molar-refractivity contribution is -0.374. The van der Waals surface area contributed by atoms with Gasteiger partial charge in [-0.1, -0.05) is 23.7 Å². The summed E-state index contributed by atoms with van der Waals surface area (Å²) in [5.41, 5.74) is 3.40. The Morgan fingerprint density at radius 2 is 2.04 bits per heavy atom. The van der Waals surface area contributed by atoms with E-state index >= 15 is 0 Å². The number of aromatic nitrogens is 1. The van der Waals surface area contributed by atoms with Crippen LogP contribution in [0.1, 0.15) is 41.1 Å². The lowest BCUT2D eigenvalue weighted by atomic mass is 9.76. The molecule has 0 bridgehead atoms. The second kappa shape index (κ2) is 6.58. The Bertz CT molecular complexity index is 859. The molecule has 0 radical (unpaired) electrons. The average Bonchev–Trinajstić information content (AvgIpc) is 2.77. The third-order valence-electron chi connectivity index (χ3n) is 5.14. The number of nitrogens with one attached hydrogen (secondary N) is 1. The molecule has 4 rings (SSSR count). The van der Waals surface area contributed by atoms with Gasteiger partial charge in [0.2, 0.25) is 0 Å². The Balaban J connectivity index is 1.97. The van der Waals surface area contributed by atoms with Crippen molar-refractivity contribution in [1.82, 2.24) is 10.3 Å². The molecule has 2 aromatic rings. The molecule has 1 aromatic carbocycles. The lowest BCUT2D eigenvalue weighted by Crippen LogP contribution is -2.32. The Morgan fingerprint density at radius 3 is 2.80 bits per heavy atom. The zero-order chi connectivity index (χ0) is 17.4. The fourth-order valence-corrected chi connectivity index (χ4v) is 4.18. The molecule has 2 heterocycles. The van der Waals surface area contributed by atoms with Crippen molar-refractivity contribution in [2.24, 2.45) is 5.92 Å². The number of pyridine rings is 1. The molecule has 1 atom stereocenters. The predicted molar refractivity (Wildman–Crippen MR) is 98.0 cm³/mol. The maximum absolute atomic E-state index is 11.7. The van der Waals surface area contributed by atoms with Gasteiger partial charge in [-0.25, -0.2) is 0 Å². The molecule has 1 aliphatic carbocycles. The SMILES string of the molecule is O=[N+]([O-])C1=Cc2cccnc2C(C2CCNCC2)c2ccc(Cl)cc21. The van der Waals surface area contributed by atoms with E-state index < -0.39 is 0 Å². The van der Waals surface area contributed by atoms with Crippen molar-refractivity contribution >= 4 is 23.4 Å². The minimum atomic E-state index is -0.323. The second-order valence-corrected chi connectivity index (χ2v) is 7.00. The van der Waals surface area contributed by atoms with Crippen molar-refractivity contribution in [3.63, 3.8) is 0 Å². The summed E-state index contributed by atoms with van der Waals surface area (Å²) in [7, 11) is 0. The van der Waals surface area contributed by atoms with E-state index in [1.54, 1.807) is 18.3 Å². The van der Waals surface area contributed by atoms with E-state index in [0.717, 1.165) is 42.8 Å². The molecule has 1 unspecified atom stereocenters. The van der Waals surface area contributed by atoms with Crippen molar-refractivity contribution in [1.29, 1.82) is 0 Å². The van der Waals surface area contributed by atoms with Gasteiger partial charge in [0.1, 0.15) is 0 Å². The van der Waals surface area contributed by atoms with Crippen LogP contribution in [0.25, 0.3) is 11.8 Å². The summed E-state index contributed by atoms with van der Waals surface area (Å²) in [6, 6.07) is 9.21. The van der Waals surface area contributed by atoms with Crippen LogP contribution in [0.4, 0.5) is 0 Å². The van der Waals surface area contributed by atoms with Crippen LogP contribution in [0.3, 0.4) is 0 Å². The molecule has 25 heavy (non-hydrogen) atoms. The minimum absolute atomic E-state index is 0.0410. The zero-order valence-electron chi connectivity index (χ0n) is 13.6. The van der Waals surface area contributed by atoms with Gasteiger partial charge in [-0.15, -0.1) is 0 Å². The fraction of sp³-hybridized carbons (Fsp3) is 0.316. The number of nitrogens with zero attached hydrogens (tertiary/aromatic N) is 2. The number of hydrogen-bond donors (Lipinski definition) is 1. The van der Waals surface area contributed by atoms with Crippen molar-refractivity contribution in [2.45, 2.75) is 18.8 Å². The van der Waals surface area contributed by atoms with Gasteiger partial charge >= 0.3 is 0 Å². The van der Waals surface area contributed by atoms with E-state index in [9.17, 15) is 10.1 Å². The van der Waals surface area contributed by atoms with Gasteiger partial charge in [-0.05, 0) is 55.6 Å². The highest BCUT2D eigenvalue weighted by molar-refractivity contribution is 6.30. The second-order valence-electron chi connectivity index (χ2n) is 6.56. The molecular formula is C19H18ClN3O2. The molecule has 1 aromatic heterocycles. The first kappa shape index (κ1) is 16.2. The van der Waals surface area contributed by atoms with Crippen molar-refractivity contribution in [2.75, 3.05) is 13.1 Å². The predicted octanol–water partition coefficient (Wildman–Crippen LogP) is 3.95. The molecule has 128 valence electrons. The topological polar surface area (TPSA) is 68.1 Å². The van der Waals surface area contributed by atoms with Crippen LogP contribution < -0.4 is 5.32 Å². The number of piperidine rings is 1. The first-order valence-corrected chi connectivity index (χ1v) is 8.84. The maximum atomic E-state index is 11.7. The molecule has 1 fully saturated rings. The van der Waals surface area contributed by atoms with Gasteiger partial charge in [-0.3, -0.25) is 15.1 Å². The summed E-state index contributed by atoms with van der Waals surface area (Å²) in [4.78, 5) is 16.0. The molecule has 1 saturated heterocycles. The first-order valence-electron chi connectivity index (χ1n) is 8.46. The zero-order valence-corrected chi connectivity index (χ0v) is 14.4. The van der Waals surface area contributed by atoms with Gasteiger partial charge in [0.15, 0.2) is 0 Å². The van der Waals surface area contributed by atoms with E-state index in [-0.39, 0.29) is 16.5 Å². The Labute approximate surface area is 150 Å². The molecule has 1 aliphatic heterocycles. The van der Waals surface area contributed by atoms with E-state index in [0.29, 0.717) is 16.5 Å². The summed E-state index contributed by atoms with van der Waals surface area (Å²) >= 11 is 6.17. The molecule has 6 heteroatoms. The number of halogens is 1. The smallest absolute Gasteiger partial charge is 0.277 e. The van der Waals surface area contributed by atoms with Crippen LogP contribution in [-0.2, 0) is 0 Å². The highest BCUT2D eigenvalue weighted by Gasteiger charge is 2.35. The molecule has 5 nitrogen and oxygen atoms in total. The fourth-order valence-electron chi connectivity index (χ4n) is 4.01. The van der Waals surface area contributed by atoms with Crippen LogP contribution in [0.5, 0.6) is 0 Å². The van der Waals surface area contributed by atoms with E-state index in [1.807, 2.05) is 24.3 Å². The summed E-state index contributed by atoms with van der Waals surface area (Å²) in [6.07, 6.45) is 5.46. The number of rotatable bonds is 2. The van der Waals surface area contributed by atoms with E-state index in [4.69, 9.17) is 11.6 Å². The number of nitro groups is 1. The quantitative estimate of drug-likeness (QED) is 0.654. The van der Waals surface area contributed by atoms with Crippen molar-refractivity contribution in [3.8, 4) is 0 Å². The summed E-state index contributed by atoms with van der Waals surface area (Å²) in [5.74, 6) is 0.439. The Morgan fingerprint density at radius 1 is 1.24 bits per heavy atom. The van der Waals surface area contributed by atoms with Crippen molar-refractivity contribution in [3.05, 3.63) is 74.0 Å². The maximum Gasteiger partial charge on any atom is 0.277 e. The van der Waals surface area contributed by atoms with Crippen LogP contribution in [0, 0.1) is 16.0 Å². The van der Waals surface area contributed by atoms with Crippen LogP contribution >= 0.6 is 11.6 Å². The standard InChI is InChI=1S/C19H18ClN3O2/c20-14-3-4-15-16(11-14)17(23(24)25)10-13-2-1-7-22-19(13)18(15)12-5-8-21-9-6-12/h1-4,7,10-12,18,21H,5-6,8-9H2. The molecular weight excluding hydrogens is 338 g/mol. The van der Waals surface area contributed by atoms with E-state index in [1.165, 1.54) is 0 Å². The largest absolute Gasteiger partial charge is 0.317 e. The Kier molecular flexibility index (Phi) is 4.27. The van der Waals surface area contributed by atoms with Gasteiger partial charge in [0.05, 0.1) is 16.2 Å². The molecule has 0 amide bonds. The van der Waals surface area contributed by atoms with Gasteiger partial charge in [0, 0.05) is 28.8 Å². The van der Waals surface area contributed by atoms with Crippen LogP contribution in [0.2, 0.25) is 5.02 Å². The highest BCUT2D eigenvalue weighted by Crippen LogP contribution is 2.44. The normalized spacial score (nSPS) is 20.2.